The zero-order valence-corrected chi connectivity index (χ0v) is 17.5. The summed E-state index contributed by atoms with van der Waals surface area (Å²) in [6, 6.07) is 14.4. The van der Waals surface area contributed by atoms with Gasteiger partial charge in [-0.3, -0.25) is 9.59 Å². The van der Waals surface area contributed by atoms with Gasteiger partial charge in [0.2, 0.25) is 5.91 Å². The van der Waals surface area contributed by atoms with Gasteiger partial charge in [0.15, 0.2) is 6.10 Å². The maximum absolute atomic E-state index is 12.2. The van der Waals surface area contributed by atoms with E-state index in [4.69, 9.17) is 26.2 Å². The van der Waals surface area contributed by atoms with Crippen LogP contribution in [0, 0.1) is 0 Å². The number of carboxylic acids is 1. The van der Waals surface area contributed by atoms with Crippen LogP contribution >= 0.6 is 11.6 Å². The zero-order chi connectivity index (χ0) is 22.1. The Labute approximate surface area is 179 Å². The molecule has 2 aromatic carbocycles. The van der Waals surface area contributed by atoms with Gasteiger partial charge in [-0.15, -0.1) is 0 Å². The summed E-state index contributed by atoms with van der Waals surface area (Å²) in [6.45, 7) is 0. The van der Waals surface area contributed by atoms with Crippen LogP contribution < -0.4 is 5.32 Å². The molecule has 0 saturated carbocycles. The fraction of sp³-hybridized carbons (Fsp3) is 0.318. The number of hydrogen-bond acceptors (Lipinski definition) is 5. The number of ether oxygens (including phenoxy) is 2. The lowest BCUT2D eigenvalue weighted by Crippen LogP contribution is -2.49. The second-order valence-electron chi connectivity index (χ2n) is 6.66. The van der Waals surface area contributed by atoms with Crippen molar-refractivity contribution in [2.75, 3.05) is 14.2 Å². The molecule has 0 spiro atoms. The second kappa shape index (κ2) is 11.3. The van der Waals surface area contributed by atoms with Crippen LogP contribution in [-0.2, 0) is 30.3 Å². The highest BCUT2D eigenvalue weighted by atomic mass is 35.5. The van der Waals surface area contributed by atoms with E-state index in [1.54, 1.807) is 6.07 Å². The van der Waals surface area contributed by atoms with Gasteiger partial charge in [-0.2, -0.15) is 0 Å². The smallest absolute Gasteiger partial charge is 0.337 e. The summed E-state index contributed by atoms with van der Waals surface area (Å²) in [5.74, 6) is -2.19. The average Bonchev–Trinajstić information content (AvgIpc) is 2.73. The fourth-order valence-electron chi connectivity index (χ4n) is 3.03. The van der Waals surface area contributed by atoms with Crippen molar-refractivity contribution in [1.82, 2.24) is 5.32 Å². The van der Waals surface area contributed by atoms with Gasteiger partial charge in [0.25, 0.3) is 0 Å². The van der Waals surface area contributed by atoms with Crippen molar-refractivity contribution in [2.24, 2.45) is 0 Å². The van der Waals surface area contributed by atoms with Crippen LogP contribution in [0.5, 0.6) is 0 Å². The third kappa shape index (κ3) is 6.86. The minimum absolute atomic E-state index is 0.197. The quantitative estimate of drug-likeness (QED) is 0.558. The third-order valence-corrected chi connectivity index (χ3v) is 4.77. The van der Waals surface area contributed by atoms with Crippen molar-refractivity contribution in [1.29, 1.82) is 0 Å². The Kier molecular flexibility index (Phi) is 8.83. The van der Waals surface area contributed by atoms with Crippen molar-refractivity contribution in [2.45, 2.75) is 31.4 Å². The molecule has 0 heterocycles. The molecule has 2 atom stereocenters. The van der Waals surface area contributed by atoms with Gasteiger partial charge in [0.05, 0.1) is 19.6 Å². The number of aliphatic carboxylic acids is 1. The molecular weight excluding hydrogens is 410 g/mol. The number of halogens is 1. The van der Waals surface area contributed by atoms with Gasteiger partial charge in [-0.1, -0.05) is 48.0 Å². The molecule has 1 amide bonds. The Hall–Kier alpha value is -2.90. The lowest BCUT2D eigenvalue weighted by atomic mass is 9.98. The number of esters is 1. The number of nitrogens with one attached hydrogen (secondary N) is 1. The molecule has 0 bridgehead atoms. The van der Waals surface area contributed by atoms with E-state index in [2.05, 4.69) is 5.32 Å². The van der Waals surface area contributed by atoms with Crippen molar-refractivity contribution < 1.29 is 29.0 Å². The highest BCUT2D eigenvalue weighted by Crippen LogP contribution is 2.23. The number of methoxy groups -OCH3 is 2. The summed E-state index contributed by atoms with van der Waals surface area (Å²) in [7, 11) is 2.58. The van der Waals surface area contributed by atoms with Crippen LogP contribution in [0.2, 0.25) is 5.02 Å². The van der Waals surface area contributed by atoms with Crippen LogP contribution in [0.1, 0.15) is 18.4 Å². The molecule has 0 radical (unpaired) electrons. The highest BCUT2D eigenvalue weighted by Gasteiger charge is 2.30. The predicted molar refractivity (Wildman–Crippen MR) is 112 cm³/mol. The first-order valence-corrected chi connectivity index (χ1v) is 9.68. The topological polar surface area (TPSA) is 102 Å². The van der Waals surface area contributed by atoms with E-state index in [0.29, 0.717) is 11.4 Å². The highest BCUT2D eigenvalue weighted by molar-refractivity contribution is 6.30. The molecule has 0 aromatic heterocycles. The number of amides is 1. The van der Waals surface area contributed by atoms with E-state index < -0.39 is 30.0 Å². The van der Waals surface area contributed by atoms with Crippen LogP contribution in [-0.4, -0.2) is 49.3 Å². The Morgan fingerprint density at radius 2 is 1.73 bits per heavy atom. The molecule has 2 rings (SSSR count). The summed E-state index contributed by atoms with van der Waals surface area (Å²) in [5, 5.41) is 12.1. The maximum Gasteiger partial charge on any atom is 0.337 e. The fourth-order valence-corrected chi connectivity index (χ4v) is 3.22. The number of carboxylic acid groups (broad SMARTS) is 1. The molecule has 2 aromatic rings. The molecule has 160 valence electrons. The Bertz CT molecular complexity index is 883. The first kappa shape index (κ1) is 23.4. The first-order valence-electron chi connectivity index (χ1n) is 9.30. The number of carbonyl (C=O) groups is 3. The zero-order valence-electron chi connectivity index (χ0n) is 16.8. The third-order valence-electron chi connectivity index (χ3n) is 4.53. The van der Waals surface area contributed by atoms with Crippen LogP contribution in [0.15, 0.2) is 48.5 Å². The first-order chi connectivity index (χ1) is 14.3. The molecule has 7 nitrogen and oxygen atoms in total. The average molecular weight is 434 g/mol. The number of carbonyl (C=O) groups excluding carboxylic acids is 2. The van der Waals surface area contributed by atoms with Crippen molar-refractivity contribution >= 4 is 29.4 Å². The lowest BCUT2D eigenvalue weighted by Gasteiger charge is -2.25. The SMILES string of the molecule is COC(=O)[C@@H](OC)[C@@H](Cc1ccc(-c2cccc(Cl)c2)cc1)NC(=O)CCC(=O)O. The standard InChI is InChI=1S/C22H24ClNO6/c1-29-21(22(28)30-2)18(24-19(25)10-11-20(26)27)12-14-6-8-15(9-7-14)16-4-3-5-17(23)13-16/h3-9,13,18,21H,10-12H2,1-2H3,(H,24,25)(H,26,27)/t18-,21+/m1/s1. The Morgan fingerprint density at radius 3 is 2.30 bits per heavy atom. The van der Waals surface area contributed by atoms with Gasteiger partial charge in [-0.25, -0.2) is 4.79 Å². The normalized spacial score (nSPS) is 12.6. The van der Waals surface area contributed by atoms with E-state index in [1.807, 2.05) is 42.5 Å². The molecule has 2 N–H and O–H groups in total. The number of hydrogen-bond donors (Lipinski definition) is 2. The molecule has 0 saturated heterocycles. The van der Waals surface area contributed by atoms with E-state index in [1.165, 1.54) is 14.2 Å². The molecule has 30 heavy (non-hydrogen) atoms. The second-order valence-corrected chi connectivity index (χ2v) is 7.10. The number of benzene rings is 2. The molecule has 8 heteroatoms. The molecule has 0 aliphatic rings. The molecule has 0 fully saturated rings. The summed E-state index contributed by atoms with van der Waals surface area (Å²) >= 11 is 6.05. The Morgan fingerprint density at radius 1 is 1.03 bits per heavy atom. The van der Waals surface area contributed by atoms with E-state index in [-0.39, 0.29) is 12.8 Å². The predicted octanol–water partition coefficient (Wildman–Crippen LogP) is 3.09. The molecular formula is C22H24ClNO6. The minimum Gasteiger partial charge on any atom is -0.481 e. The summed E-state index contributed by atoms with van der Waals surface area (Å²) < 4.78 is 10.0. The van der Waals surface area contributed by atoms with Crippen LogP contribution in [0.3, 0.4) is 0 Å². The van der Waals surface area contributed by atoms with Gasteiger partial charge < -0.3 is 19.9 Å². The lowest BCUT2D eigenvalue weighted by molar-refractivity contribution is -0.154. The monoisotopic (exact) mass is 433 g/mol. The van der Waals surface area contributed by atoms with Crippen molar-refractivity contribution in [3.05, 3.63) is 59.1 Å². The van der Waals surface area contributed by atoms with Gasteiger partial charge in [0.1, 0.15) is 0 Å². The molecule has 0 aliphatic carbocycles. The largest absolute Gasteiger partial charge is 0.481 e. The maximum atomic E-state index is 12.2. The number of rotatable bonds is 10. The van der Waals surface area contributed by atoms with Crippen LogP contribution in [0.25, 0.3) is 11.1 Å². The van der Waals surface area contributed by atoms with Crippen molar-refractivity contribution in [3.8, 4) is 11.1 Å². The van der Waals surface area contributed by atoms with Gasteiger partial charge in [0, 0.05) is 18.6 Å². The van der Waals surface area contributed by atoms with E-state index in [0.717, 1.165) is 16.7 Å². The Balaban J connectivity index is 2.18. The van der Waals surface area contributed by atoms with E-state index in [9.17, 15) is 14.4 Å². The minimum atomic E-state index is -1.07. The summed E-state index contributed by atoms with van der Waals surface area (Å²) in [5.41, 5.74) is 2.80. The van der Waals surface area contributed by atoms with Gasteiger partial charge in [-0.05, 0) is 35.2 Å². The summed E-state index contributed by atoms with van der Waals surface area (Å²) in [4.78, 5) is 35.0. The van der Waals surface area contributed by atoms with Crippen molar-refractivity contribution in [3.63, 3.8) is 0 Å². The van der Waals surface area contributed by atoms with E-state index >= 15 is 0 Å². The van der Waals surface area contributed by atoms with Gasteiger partial charge >= 0.3 is 11.9 Å². The molecule has 0 aliphatic heterocycles. The summed E-state index contributed by atoms with van der Waals surface area (Å²) in [6.07, 6.45) is -1.24. The van der Waals surface area contributed by atoms with Crippen LogP contribution in [0.4, 0.5) is 0 Å². The molecule has 0 unspecified atom stereocenters.